The summed E-state index contributed by atoms with van der Waals surface area (Å²) >= 11 is 0. The average molecular weight is 771 g/mol. The van der Waals surface area contributed by atoms with Gasteiger partial charge < -0.3 is 0 Å². The molecule has 0 amide bonds. The number of fused-ring (bicyclic) bond motifs is 12. The standard InChI is InChI=1S/C56H42N4/c1-35-19-23-39(24-20-35)59(55-17-9-11-37(3)57-55)41-27-29-47-49(31-41)43-13-5-7-15-45(43)51-34-54-48-30-28-42(32-50(48)44-14-6-8-16-46(44)52(54)33-53(47)51)60(40-25-21-36(2)22-26-40)56-18-10-12-38(4)58-56/h5-34H,1-4H3. The maximum atomic E-state index is 5.00. The first-order chi connectivity index (χ1) is 29.4. The van der Waals surface area contributed by atoms with E-state index in [1.807, 2.05) is 0 Å². The van der Waals surface area contributed by atoms with E-state index in [0.29, 0.717) is 0 Å². The van der Waals surface area contributed by atoms with Gasteiger partial charge in [0, 0.05) is 34.1 Å². The second kappa shape index (κ2) is 14.1. The van der Waals surface area contributed by atoms with E-state index in [0.717, 1.165) is 45.8 Å². The van der Waals surface area contributed by atoms with E-state index in [4.69, 9.17) is 9.97 Å². The van der Waals surface area contributed by atoms with Crippen molar-refractivity contribution in [2.24, 2.45) is 0 Å². The van der Waals surface area contributed by atoms with Gasteiger partial charge in [-0.15, -0.1) is 0 Å². The lowest BCUT2D eigenvalue weighted by molar-refractivity contribution is 1.13. The molecule has 0 fully saturated rings. The second-order valence-corrected chi connectivity index (χ2v) is 16.1. The number of rotatable bonds is 6. The van der Waals surface area contributed by atoms with Crippen molar-refractivity contribution in [3.05, 3.63) is 205 Å². The van der Waals surface area contributed by atoms with Crippen LogP contribution in [0.25, 0.3) is 64.6 Å². The molecule has 9 aromatic carbocycles. The Balaban J connectivity index is 1.16. The Morgan fingerprint density at radius 3 is 0.933 bits per heavy atom. The third kappa shape index (κ3) is 5.91. The molecule has 0 aliphatic heterocycles. The third-order valence-corrected chi connectivity index (χ3v) is 12.1. The summed E-state index contributed by atoms with van der Waals surface area (Å²) < 4.78 is 0. The molecule has 0 saturated heterocycles. The molecule has 0 radical (unpaired) electrons. The molecule has 0 spiro atoms. The fourth-order valence-electron chi connectivity index (χ4n) is 9.18. The van der Waals surface area contributed by atoms with Crippen molar-refractivity contribution in [2.75, 3.05) is 9.80 Å². The number of aryl methyl sites for hydroxylation is 4. The van der Waals surface area contributed by atoms with Crippen molar-refractivity contribution in [3.8, 4) is 0 Å². The van der Waals surface area contributed by atoms with Crippen LogP contribution in [0.5, 0.6) is 0 Å². The monoisotopic (exact) mass is 770 g/mol. The Bertz CT molecular complexity index is 3240. The van der Waals surface area contributed by atoms with Gasteiger partial charge in [0.05, 0.1) is 0 Å². The molecule has 11 aromatic rings. The van der Waals surface area contributed by atoms with Crippen molar-refractivity contribution in [1.82, 2.24) is 9.97 Å². The zero-order chi connectivity index (χ0) is 40.5. The van der Waals surface area contributed by atoms with Gasteiger partial charge in [-0.1, -0.05) is 108 Å². The maximum Gasteiger partial charge on any atom is 0.137 e. The fraction of sp³-hybridized carbons (Fsp3) is 0.0714. The normalized spacial score (nSPS) is 11.7. The van der Waals surface area contributed by atoms with Crippen LogP contribution in [0, 0.1) is 27.7 Å². The average Bonchev–Trinajstić information content (AvgIpc) is 3.28. The van der Waals surface area contributed by atoms with Crippen LogP contribution in [0.1, 0.15) is 22.5 Å². The lowest BCUT2D eigenvalue weighted by atomic mass is 9.88. The molecule has 4 nitrogen and oxygen atoms in total. The van der Waals surface area contributed by atoms with Crippen LogP contribution in [0.4, 0.5) is 34.4 Å². The van der Waals surface area contributed by atoms with Gasteiger partial charge in [0.25, 0.3) is 0 Å². The highest BCUT2D eigenvalue weighted by atomic mass is 15.2. The van der Waals surface area contributed by atoms with E-state index in [-0.39, 0.29) is 0 Å². The van der Waals surface area contributed by atoms with Gasteiger partial charge in [0.1, 0.15) is 11.6 Å². The van der Waals surface area contributed by atoms with E-state index in [1.165, 1.54) is 75.8 Å². The molecule has 60 heavy (non-hydrogen) atoms. The topological polar surface area (TPSA) is 32.3 Å². The van der Waals surface area contributed by atoms with Gasteiger partial charge in [-0.3, -0.25) is 9.80 Å². The number of hydrogen-bond donors (Lipinski definition) is 0. The number of aromatic nitrogens is 2. The summed E-state index contributed by atoms with van der Waals surface area (Å²) in [6.07, 6.45) is 0. The zero-order valence-electron chi connectivity index (χ0n) is 34.1. The first-order valence-electron chi connectivity index (χ1n) is 20.7. The lowest BCUT2D eigenvalue weighted by Crippen LogP contribution is -2.12. The number of nitrogens with zero attached hydrogens (tertiary/aromatic N) is 4. The quantitative estimate of drug-likeness (QED) is 0.124. The first-order valence-corrected chi connectivity index (χ1v) is 20.7. The number of hydrogen-bond acceptors (Lipinski definition) is 4. The molecular formula is C56H42N4. The molecule has 2 heterocycles. The van der Waals surface area contributed by atoms with Crippen molar-refractivity contribution >= 4 is 99.0 Å². The number of benzene rings is 9. The van der Waals surface area contributed by atoms with E-state index >= 15 is 0 Å². The molecule has 0 N–H and O–H groups in total. The van der Waals surface area contributed by atoms with Crippen molar-refractivity contribution in [3.63, 3.8) is 0 Å². The summed E-state index contributed by atoms with van der Waals surface area (Å²) in [5, 5.41) is 14.8. The van der Waals surface area contributed by atoms with Gasteiger partial charge in [-0.2, -0.15) is 0 Å². The van der Waals surface area contributed by atoms with Crippen LogP contribution in [-0.2, 0) is 0 Å². The molecule has 0 bridgehead atoms. The van der Waals surface area contributed by atoms with Crippen LogP contribution in [-0.4, -0.2) is 9.97 Å². The molecule has 0 aliphatic rings. The molecule has 11 rings (SSSR count). The van der Waals surface area contributed by atoms with Crippen LogP contribution in [0.15, 0.2) is 182 Å². The molecule has 0 saturated carbocycles. The highest BCUT2D eigenvalue weighted by Gasteiger charge is 2.20. The smallest absolute Gasteiger partial charge is 0.137 e. The minimum absolute atomic E-state index is 0.896. The van der Waals surface area contributed by atoms with Crippen molar-refractivity contribution in [1.29, 1.82) is 0 Å². The summed E-state index contributed by atoms with van der Waals surface area (Å²) in [6.45, 7) is 8.36. The molecule has 0 atom stereocenters. The van der Waals surface area contributed by atoms with E-state index in [2.05, 4.69) is 219 Å². The van der Waals surface area contributed by atoms with E-state index in [1.54, 1.807) is 0 Å². The van der Waals surface area contributed by atoms with Crippen LogP contribution in [0.2, 0.25) is 0 Å². The van der Waals surface area contributed by atoms with Gasteiger partial charge in [0.15, 0.2) is 0 Å². The van der Waals surface area contributed by atoms with Crippen LogP contribution < -0.4 is 9.80 Å². The Hall–Kier alpha value is -7.56. The lowest BCUT2D eigenvalue weighted by Gasteiger charge is -2.26. The number of pyridine rings is 2. The maximum absolute atomic E-state index is 5.00. The fourth-order valence-corrected chi connectivity index (χ4v) is 9.18. The van der Waals surface area contributed by atoms with Crippen molar-refractivity contribution < 1.29 is 0 Å². The summed E-state index contributed by atoms with van der Waals surface area (Å²) in [6, 6.07) is 66.4. The molecule has 0 unspecified atom stereocenters. The molecule has 0 aliphatic carbocycles. The Morgan fingerprint density at radius 1 is 0.267 bits per heavy atom. The SMILES string of the molecule is Cc1ccc(N(c2ccc3c(c2)c2ccccc2c2cc4c5ccc(N(c6ccc(C)cc6)c6cccc(C)n6)cc5c5ccccc5c4cc32)c2cccc(C)n2)cc1. The number of anilines is 6. The zero-order valence-corrected chi connectivity index (χ0v) is 34.1. The minimum Gasteiger partial charge on any atom is -0.295 e. The minimum atomic E-state index is 0.896. The largest absolute Gasteiger partial charge is 0.295 e. The molecular weight excluding hydrogens is 729 g/mol. The Kier molecular flexibility index (Phi) is 8.35. The second-order valence-electron chi connectivity index (χ2n) is 16.1. The molecule has 4 heteroatoms. The summed E-state index contributed by atoms with van der Waals surface area (Å²) in [5.41, 5.74) is 8.71. The highest BCUT2D eigenvalue weighted by Crippen LogP contribution is 2.45. The summed E-state index contributed by atoms with van der Waals surface area (Å²) in [5.74, 6) is 1.79. The van der Waals surface area contributed by atoms with Crippen molar-refractivity contribution in [2.45, 2.75) is 27.7 Å². The van der Waals surface area contributed by atoms with Gasteiger partial charge in [-0.05, 0) is 177 Å². The Labute approximate surface area is 349 Å². The van der Waals surface area contributed by atoms with E-state index < -0.39 is 0 Å². The predicted molar refractivity (Wildman–Crippen MR) is 255 cm³/mol. The van der Waals surface area contributed by atoms with Gasteiger partial charge >= 0.3 is 0 Å². The van der Waals surface area contributed by atoms with Gasteiger partial charge in [0.2, 0.25) is 0 Å². The summed E-state index contributed by atoms with van der Waals surface area (Å²) in [7, 11) is 0. The molecule has 2 aromatic heterocycles. The summed E-state index contributed by atoms with van der Waals surface area (Å²) in [4.78, 5) is 14.5. The van der Waals surface area contributed by atoms with Crippen LogP contribution >= 0.6 is 0 Å². The van der Waals surface area contributed by atoms with Crippen LogP contribution in [0.3, 0.4) is 0 Å². The third-order valence-electron chi connectivity index (χ3n) is 12.1. The predicted octanol–water partition coefficient (Wildman–Crippen LogP) is 15.6. The molecule has 286 valence electrons. The van der Waals surface area contributed by atoms with E-state index in [9.17, 15) is 0 Å². The Morgan fingerprint density at radius 2 is 0.583 bits per heavy atom. The first kappa shape index (κ1) is 35.6. The highest BCUT2D eigenvalue weighted by molar-refractivity contribution is 6.33. The van der Waals surface area contributed by atoms with Gasteiger partial charge in [-0.25, -0.2) is 9.97 Å².